The van der Waals surface area contributed by atoms with E-state index in [2.05, 4.69) is 5.32 Å². The van der Waals surface area contributed by atoms with Gasteiger partial charge in [0.1, 0.15) is 12.6 Å². The molecule has 0 aliphatic carbocycles. The highest BCUT2D eigenvalue weighted by Gasteiger charge is 2.34. The highest BCUT2D eigenvalue weighted by atomic mass is 35.5. The van der Waals surface area contributed by atoms with Crippen molar-refractivity contribution in [1.29, 1.82) is 0 Å². The molecule has 0 bridgehead atoms. The number of benzene rings is 3. The highest BCUT2D eigenvalue weighted by molar-refractivity contribution is 7.92. The van der Waals surface area contributed by atoms with Crippen LogP contribution in [0.2, 0.25) is 5.02 Å². The summed E-state index contributed by atoms with van der Waals surface area (Å²) in [6, 6.07) is 18.2. The molecule has 1 N–H and O–H groups in total. The Bertz CT molecular complexity index is 1450. The molecule has 0 aliphatic rings. The van der Waals surface area contributed by atoms with Crippen molar-refractivity contribution in [3.05, 3.63) is 99.6 Å². The quantitative estimate of drug-likeness (QED) is 0.240. The monoisotopic (exact) mass is 586 g/mol. The molecule has 0 heterocycles. The molecule has 1 atom stereocenters. The van der Waals surface area contributed by atoms with Gasteiger partial charge in [-0.1, -0.05) is 54.9 Å². The average molecular weight is 587 g/mol. The van der Waals surface area contributed by atoms with Gasteiger partial charge < -0.3 is 10.2 Å². The lowest BCUT2D eigenvalue weighted by Crippen LogP contribution is -2.53. The fraction of sp³-hybridized carbons (Fsp3) is 0.286. The summed E-state index contributed by atoms with van der Waals surface area (Å²) in [6.45, 7) is 4.65. The molecular formula is C28H31ClN4O6S. The zero-order valence-corrected chi connectivity index (χ0v) is 23.9. The predicted molar refractivity (Wildman–Crippen MR) is 153 cm³/mol. The van der Waals surface area contributed by atoms with Crippen molar-refractivity contribution in [1.82, 2.24) is 10.2 Å². The Morgan fingerprint density at radius 1 is 0.975 bits per heavy atom. The molecule has 3 rings (SSSR count). The average Bonchev–Trinajstić information content (AvgIpc) is 2.92. The van der Waals surface area contributed by atoms with Crippen molar-refractivity contribution in [3.63, 3.8) is 0 Å². The summed E-state index contributed by atoms with van der Waals surface area (Å²) in [4.78, 5) is 39.0. The van der Waals surface area contributed by atoms with Gasteiger partial charge in [-0.2, -0.15) is 0 Å². The molecule has 0 saturated heterocycles. The van der Waals surface area contributed by atoms with Crippen LogP contribution in [0.15, 0.2) is 83.8 Å². The minimum absolute atomic E-state index is 0.0397. The van der Waals surface area contributed by atoms with Crippen molar-refractivity contribution in [2.24, 2.45) is 0 Å². The number of anilines is 1. The second-order valence-electron chi connectivity index (χ2n) is 9.30. The molecule has 2 amide bonds. The molecule has 0 aliphatic heterocycles. The number of non-ortho nitro benzene ring substituents is 1. The van der Waals surface area contributed by atoms with E-state index < -0.39 is 33.4 Å². The maximum absolute atomic E-state index is 14.0. The number of amides is 2. The topological polar surface area (TPSA) is 130 Å². The molecule has 0 fully saturated rings. The van der Waals surface area contributed by atoms with E-state index in [4.69, 9.17) is 11.6 Å². The first-order valence-electron chi connectivity index (χ1n) is 12.6. The van der Waals surface area contributed by atoms with Gasteiger partial charge in [-0.05, 0) is 56.2 Å². The molecular weight excluding hydrogens is 556 g/mol. The minimum Gasteiger partial charge on any atom is -0.352 e. The molecule has 3 aromatic carbocycles. The van der Waals surface area contributed by atoms with Crippen LogP contribution in [-0.4, -0.2) is 48.7 Å². The molecule has 40 heavy (non-hydrogen) atoms. The van der Waals surface area contributed by atoms with Crippen molar-refractivity contribution >= 4 is 44.8 Å². The van der Waals surface area contributed by atoms with Gasteiger partial charge in [-0.3, -0.25) is 24.0 Å². The number of rotatable bonds is 12. The van der Waals surface area contributed by atoms with Gasteiger partial charge in [-0.15, -0.1) is 0 Å². The van der Waals surface area contributed by atoms with E-state index in [1.807, 2.05) is 0 Å². The summed E-state index contributed by atoms with van der Waals surface area (Å²) in [7, 11) is -4.28. The third kappa shape index (κ3) is 7.36. The van der Waals surface area contributed by atoms with Crippen molar-refractivity contribution in [3.8, 4) is 0 Å². The van der Waals surface area contributed by atoms with Crippen molar-refractivity contribution in [2.75, 3.05) is 10.8 Å². The number of carbonyl (C=O) groups is 2. The number of sulfonamides is 1. The minimum atomic E-state index is -4.28. The Morgan fingerprint density at radius 3 is 2.12 bits per heavy atom. The molecule has 0 saturated carbocycles. The first-order valence-corrected chi connectivity index (χ1v) is 14.4. The van der Waals surface area contributed by atoms with Crippen LogP contribution in [0.3, 0.4) is 0 Å². The Balaban J connectivity index is 2.08. The smallest absolute Gasteiger partial charge is 0.269 e. The van der Waals surface area contributed by atoms with Crippen LogP contribution < -0.4 is 9.62 Å². The SMILES string of the molecule is CC[C@@H](C(=O)NC(C)C)N(Cc1ccccc1Cl)C(=O)CN(c1ccc([N+](=O)[O-])cc1)S(=O)(=O)c1ccccc1. The van der Waals surface area contributed by atoms with Gasteiger partial charge in [0, 0.05) is 29.7 Å². The Morgan fingerprint density at radius 2 is 1.57 bits per heavy atom. The molecule has 0 aromatic heterocycles. The van der Waals surface area contributed by atoms with Crippen LogP contribution in [0.5, 0.6) is 0 Å². The third-order valence-electron chi connectivity index (χ3n) is 6.07. The zero-order chi connectivity index (χ0) is 29.4. The van der Waals surface area contributed by atoms with E-state index >= 15 is 0 Å². The summed E-state index contributed by atoms with van der Waals surface area (Å²) < 4.78 is 28.4. The van der Waals surface area contributed by atoms with Gasteiger partial charge in [0.05, 0.1) is 15.5 Å². The summed E-state index contributed by atoms with van der Waals surface area (Å²) in [5, 5.41) is 14.4. The number of nitrogens with zero attached hydrogens (tertiary/aromatic N) is 3. The summed E-state index contributed by atoms with van der Waals surface area (Å²) in [6.07, 6.45) is 0.262. The molecule has 0 radical (unpaired) electrons. The molecule has 212 valence electrons. The number of nitrogens with one attached hydrogen (secondary N) is 1. The molecule has 0 spiro atoms. The van der Waals surface area contributed by atoms with Crippen LogP contribution in [0, 0.1) is 10.1 Å². The van der Waals surface area contributed by atoms with E-state index in [0.29, 0.717) is 10.6 Å². The first-order chi connectivity index (χ1) is 18.9. The standard InChI is InChI=1S/C28H31ClN4O6S/c1-4-26(28(35)30-20(2)3)31(18-21-10-8-9-13-25(21)29)27(34)19-32(22-14-16-23(17-15-22)33(36)37)40(38,39)24-11-6-5-7-12-24/h5-17,20,26H,4,18-19H2,1-3H3,(H,30,35)/t26-/m0/s1. The lowest BCUT2D eigenvalue weighted by atomic mass is 10.1. The molecule has 0 unspecified atom stereocenters. The first kappa shape index (κ1) is 30.6. The molecule has 10 nitrogen and oxygen atoms in total. The van der Waals surface area contributed by atoms with E-state index in [-0.39, 0.29) is 41.2 Å². The summed E-state index contributed by atoms with van der Waals surface area (Å²) >= 11 is 6.38. The van der Waals surface area contributed by atoms with Crippen LogP contribution in [0.25, 0.3) is 0 Å². The lowest BCUT2D eigenvalue weighted by Gasteiger charge is -2.33. The Labute approximate surface area is 238 Å². The normalized spacial score (nSPS) is 12.0. The maximum Gasteiger partial charge on any atom is 0.269 e. The highest BCUT2D eigenvalue weighted by Crippen LogP contribution is 2.27. The number of hydrogen-bond donors (Lipinski definition) is 1. The number of nitro groups is 1. The van der Waals surface area contributed by atoms with Crippen LogP contribution in [-0.2, 0) is 26.2 Å². The fourth-order valence-corrected chi connectivity index (χ4v) is 5.73. The van der Waals surface area contributed by atoms with Gasteiger partial charge in [0.2, 0.25) is 11.8 Å². The molecule has 3 aromatic rings. The Hall–Kier alpha value is -3.96. The van der Waals surface area contributed by atoms with Gasteiger partial charge in [0.25, 0.3) is 15.7 Å². The summed E-state index contributed by atoms with van der Waals surface area (Å²) in [5.74, 6) is -1.03. The van der Waals surface area contributed by atoms with Gasteiger partial charge in [-0.25, -0.2) is 8.42 Å². The molecule has 12 heteroatoms. The van der Waals surface area contributed by atoms with Crippen molar-refractivity contribution < 1.29 is 22.9 Å². The number of hydrogen-bond acceptors (Lipinski definition) is 6. The number of nitro benzene ring substituents is 1. The predicted octanol–water partition coefficient (Wildman–Crippen LogP) is 4.78. The van der Waals surface area contributed by atoms with Gasteiger partial charge >= 0.3 is 0 Å². The Kier molecular flexibility index (Phi) is 10.2. The van der Waals surface area contributed by atoms with Crippen molar-refractivity contribution in [2.45, 2.75) is 50.7 Å². The van der Waals surface area contributed by atoms with E-state index in [0.717, 1.165) is 4.31 Å². The lowest BCUT2D eigenvalue weighted by molar-refractivity contribution is -0.384. The van der Waals surface area contributed by atoms with Gasteiger partial charge in [0.15, 0.2) is 0 Å². The number of carbonyl (C=O) groups excluding carboxylic acids is 2. The fourth-order valence-electron chi connectivity index (χ4n) is 4.10. The van der Waals surface area contributed by atoms with E-state index in [1.165, 1.54) is 41.3 Å². The second-order valence-corrected chi connectivity index (χ2v) is 11.6. The van der Waals surface area contributed by atoms with Crippen LogP contribution in [0.1, 0.15) is 32.8 Å². The largest absolute Gasteiger partial charge is 0.352 e. The summed E-state index contributed by atoms with van der Waals surface area (Å²) in [5.41, 5.74) is 0.408. The second kappa shape index (κ2) is 13.4. The number of halogens is 1. The van der Waals surface area contributed by atoms with Crippen LogP contribution in [0.4, 0.5) is 11.4 Å². The maximum atomic E-state index is 14.0. The zero-order valence-electron chi connectivity index (χ0n) is 22.4. The third-order valence-corrected chi connectivity index (χ3v) is 8.23. The van der Waals surface area contributed by atoms with Crippen LogP contribution >= 0.6 is 11.6 Å². The van der Waals surface area contributed by atoms with E-state index in [9.17, 15) is 28.1 Å². The van der Waals surface area contributed by atoms with E-state index in [1.54, 1.807) is 63.2 Å².